The first-order chi connectivity index (χ1) is 13.5. The third-order valence-corrected chi connectivity index (χ3v) is 4.46. The average Bonchev–Trinajstić information content (AvgIpc) is 3.00. The molecule has 152 valence electrons. The summed E-state index contributed by atoms with van der Waals surface area (Å²) in [7, 11) is 0. The van der Waals surface area contributed by atoms with Gasteiger partial charge in [-0.05, 0) is 56.0 Å². The molecular weight excluding hydrogens is 364 g/mol. The summed E-state index contributed by atoms with van der Waals surface area (Å²) in [5.41, 5.74) is 2.29. The number of imidazole rings is 1. The maximum atomic E-state index is 12.9. The molecule has 0 radical (unpaired) electrons. The van der Waals surface area contributed by atoms with Crippen molar-refractivity contribution in [3.63, 3.8) is 0 Å². The van der Waals surface area contributed by atoms with Crippen molar-refractivity contribution >= 4 is 23.0 Å². The van der Waals surface area contributed by atoms with Gasteiger partial charge in [0.2, 0.25) is 5.82 Å². The highest BCUT2D eigenvalue weighted by Gasteiger charge is 2.24. The first-order valence-electron chi connectivity index (χ1n) is 9.67. The van der Waals surface area contributed by atoms with Gasteiger partial charge in [-0.25, -0.2) is 4.98 Å². The number of benzene rings is 1. The molecule has 3 rings (SSSR count). The van der Waals surface area contributed by atoms with E-state index in [-0.39, 0.29) is 28.7 Å². The van der Waals surface area contributed by atoms with Crippen LogP contribution < -0.4 is 10.6 Å². The highest BCUT2D eigenvalue weighted by atomic mass is 16.2. The maximum Gasteiger partial charge on any atom is 0.288 e. The van der Waals surface area contributed by atoms with E-state index in [1.165, 1.54) is 5.56 Å². The summed E-state index contributed by atoms with van der Waals surface area (Å²) < 4.78 is 1.64. The van der Waals surface area contributed by atoms with Crippen molar-refractivity contribution < 1.29 is 9.59 Å². The lowest BCUT2D eigenvalue weighted by atomic mass is 9.87. The number of rotatable bonds is 3. The summed E-state index contributed by atoms with van der Waals surface area (Å²) in [6, 6.07) is 13.2. The molecule has 6 nitrogen and oxygen atoms in total. The summed E-state index contributed by atoms with van der Waals surface area (Å²) in [6.07, 6.45) is 1.73. The Bertz CT molecular complexity index is 1050. The van der Waals surface area contributed by atoms with Gasteiger partial charge in [0.1, 0.15) is 0 Å². The molecule has 0 aliphatic rings. The Morgan fingerprint density at radius 1 is 0.897 bits per heavy atom. The summed E-state index contributed by atoms with van der Waals surface area (Å²) in [5, 5.41) is 5.78. The number of carbonyl (C=O) groups is 2. The van der Waals surface area contributed by atoms with Gasteiger partial charge in [-0.2, -0.15) is 0 Å². The molecule has 2 N–H and O–H groups in total. The fraction of sp³-hybridized carbons (Fsp3) is 0.348. The van der Waals surface area contributed by atoms with Crippen LogP contribution in [-0.4, -0.2) is 26.7 Å². The molecule has 0 fully saturated rings. The highest BCUT2D eigenvalue weighted by Crippen LogP contribution is 2.24. The lowest BCUT2D eigenvalue weighted by molar-refractivity contribution is 0.0908. The predicted octanol–water partition coefficient (Wildman–Crippen LogP) is 4.41. The minimum absolute atomic E-state index is 0.0396. The molecule has 0 aliphatic heterocycles. The van der Waals surface area contributed by atoms with Gasteiger partial charge >= 0.3 is 0 Å². The molecule has 0 saturated heterocycles. The summed E-state index contributed by atoms with van der Waals surface area (Å²) in [6.45, 7) is 12.1. The molecule has 3 aromatic rings. The number of nitrogens with one attached hydrogen (secondary N) is 2. The van der Waals surface area contributed by atoms with Crippen LogP contribution in [0.15, 0.2) is 48.7 Å². The second-order valence-electron chi connectivity index (χ2n) is 9.23. The zero-order valence-electron chi connectivity index (χ0n) is 17.8. The van der Waals surface area contributed by atoms with Crippen LogP contribution in [0.3, 0.4) is 0 Å². The summed E-state index contributed by atoms with van der Waals surface area (Å²) >= 11 is 0. The predicted molar refractivity (Wildman–Crippen MR) is 116 cm³/mol. The van der Waals surface area contributed by atoms with Crippen LogP contribution in [-0.2, 0) is 5.41 Å². The molecule has 0 unspecified atom stereocenters. The Balaban J connectivity index is 1.91. The van der Waals surface area contributed by atoms with Gasteiger partial charge in [0.15, 0.2) is 5.69 Å². The fourth-order valence-electron chi connectivity index (χ4n) is 3.01. The molecular formula is C23H28N4O2. The van der Waals surface area contributed by atoms with E-state index >= 15 is 0 Å². The zero-order valence-corrected chi connectivity index (χ0v) is 17.8. The molecule has 0 bridgehead atoms. The quantitative estimate of drug-likeness (QED) is 0.693. The number of anilines is 1. The summed E-state index contributed by atoms with van der Waals surface area (Å²) in [5.74, 6) is -0.497. The number of hydrogen-bond acceptors (Lipinski definition) is 3. The monoisotopic (exact) mass is 392 g/mol. The van der Waals surface area contributed by atoms with Crippen molar-refractivity contribution in [2.24, 2.45) is 0 Å². The number of aromatic nitrogens is 2. The van der Waals surface area contributed by atoms with Crippen LogP contribution in [0.5, 0.6) is 0 Å². The standard InChI is InChI=1S/C23H28N4O2/c1-22(2,3)15-10-12-16(13-11-15)24-20(28)18-17-9-7-8-14-27(17)19(25-18)21(29)26-23(4,5)6/h7-14H,1-6H3,(H,24,28)(H,26,29). The van der Waals surface area contributed by atoms with Crippen LogP contribution in [0.1, 0.15) is 68.2 Å². The van der Waals surface area contributed by atoms with Gasteiger partial charge in [0.05, 0.1) is 5.52 Å². The van der Waals surface area contributed by atoms with Gasteiger partial charge in [0, 0.05) is 17.4 Å². The van der Waals surface area contributed by atoms with Crippen LogP contribution in [0.2, 0.25) is 0 Å². The van der Waals surface area contributed by atoms with E-state index < -0.39 is 5.54 Å². The Morgan fingerprint density at radius 2 is 1.55 bits per heavy atom. The first kappa shape index (κ1) is 20.6. The third-order valence-electron chi connectivity index (χ3n) is 4.46. The maximum absolute atomic E-state index is 12.9. The van der Waals surface area contributed by atoms with E-state index in [0.29, 0.717) is 11.2 Å². The number of nitrogens with zero attached hydrogens (tertiary/aromatic N) is 2. The largest absolute Gasteiger partial charge is 0.345 e. The number of amides is 2. The molecule has 6 heteroatoms. The Hall–Kier alpha value is -3.15. The topological polar surface area (TPSA) is 75.5 Å². The molecule has 2 heterocycles. The van der Waals surface area contributed by atoms with Crippen LogP contribution in [0, 0.1) is 0 Å². The van der Waals surface area contributed by atoms with E-state index in [1.54, 1.807) is 22.7 Å². The van der Waals surface area contributed by atoms with Crippen molar-refractivity contribution in [1.29, 1.82) is 0 Å². The molecule has 1 aromatic carbocycles. The number of pyridine rings is 1. The third kappa shape index (κ3) is 4.65. The van der Waals surface area contributed by atoms with Crippen LogP contribution in [0.4, 0.5) is 5.69 Å². The van der Waals surface area contributed by atoms with Crippen LogP contribution >= 0.6 is 0 Å². The van der Waals surface area contributed by atoms with Gasteiger partial charge < -0.3 is 10.6 Å². The Labute approximate surface area is 171 Å². The molecule has 2 amide bonds. The van der Waals surface area contributed by atoms with Crippen molar-refractivity contribution in [2.45, 2.75) is 52.5 Å². The number of carbonyl (C=O) groups excluding carboxylic acids is 2. The van der Waals surface area contributed by atoms with Gasteiger partial charge in [-0.1, -0.05) is 39.0 Å². The normalized spacial score (nSPS) is 12.1. The Morgan fingerprint density at radius 3 is 2.14 bits per heavy atom. The first-order valence-corrected chi connectivity index (χ1v) is 9.67. The number of fused-ring (bicyclic) bond motifs is 1. The summed E-state index contributed by atoms with van der Waals surface area (Å²) in [4.78, 5) is 30.0. The SMILES string of the molecule is CC(C)(C)NC(=O)c1nc(C(=O)Nc2ccc(C(C)(C)C)cc2)c2ccccn12. The van der Waals surface area contributed by atoms with Crippen molar-refractivity contribution in [2.75, 3.05) is 5.32 Å². The molecule has 0 spiro atoms. The van der Waals surface area contributed by atoms with E-state index in [9.17, 15) is 9.59 Å². The highest BCUT2D eigenvalue weighted by molar-refractivity contribution is 6.09. The van der Waals surface area contributed by atoms with E-state index in [1.807, 2.05) is 51.1 Å². The molecule has 2 aromatic heterocycles. The van der Waals surface area contributed by atoms with Crippen LogP contribution in [0.25, 0.3) is 5.52 Å². The van der Waals surface area contributed by atoms with Gasteiger partial charge in [-0.3, -0.25) is 14.0 Å². The van der Waals surface area contributed by atoms with Gasteiger partial charge in [0.25, 0.3) is 11.8 Å². The number of hydrogen-bond donors (Lipinski definition) is 2. The second kappa shape index (κ2) is 7.35. The minimum atomic E-state index is -0.408. The van der Waals surface area contributed by atoms with Crippen molar-refractivity contribution in [3.05, 3.63) is 65.7 Å². The van der Waals surface area contributed by atoms with E-state index in [4.69, 9.17) is 0 Å². The van der Waals surface area contributed by atoms with Crippen molar-refractivity contribution in [3.8, 4) is 0 Å². The second-order valence-corrected chi connectivity index (χ2v) is 9.23. The lowest BCUT2D eigenvalue weighted by Gasteiger charge is -2.19. The fourth-order valence-corrected chi connectivity index (χ4v) is 3.01. The molecule has 0 saturated carbocycles. The smallest absolute Gasteiger partial charge is 0.288 e. The van der Waals surface area contributed by atoms with E-state index in [0.717, 1.165) is 0 Å². The Kier molecular flexibility index (Phi) is 5.22. The lowest BCUT2D eigenvalue weighted by Crippen LogP contribution is -2.41. The minimum Gasteiger partial charge on any atom is -0.345 e. The van der Waals surface area contributed by atoms with Gasteiger partial charge in [-0.15, -0.1) is 0 Å². The molecule has 29 heavy (non-hydrogen) atoms. The molecule has 0 aliphatic carbocycles. The zero-order chi connectivity index (χ0) is 21.4. The molecule has 0 atom stereocenters. The van der Waals surface area contributed by atoms with E-state index in [2.05, 4.69) is 36.4 Å². The van der Waals surface area contributed by atoms with Crippen molar-refractivity contribution in [1.82, 2.24) is 14.7 Å². The average molecular weight is 393 g/mol.